The van der Waals surface area contributed by atoms with Gasteiger partial charge in [0.25, 0.3) is 0 Å². The van der Waals surface area contributed by atoms with Gasteiger partial charge in [0.15, 0.2) is 6.61 Å². The molecule has 0 atom stereocenters. The average molecular weight is 353 g/mol. The molecular weight excluding hydrogens is 333 g/mol. The van der Waals surface area contributed by atoms with Gasteiger partial charge in [-0.1, -0.05) is 12.1 Å². The summed E-state index contributed by atoms with van der Waals surface area (Å²) in [6.45, 7) is 0.182. The first-order chi connectivity index (χ1) is 10.4. The Bertz CT molecular complexity index is 490. The number of rotatable bonds is 8. The van der Waals surface area contributed by atoms with E-state index in [0.717, 1.165) is 18.0 Å². The number of amides is 1. The smallest absolute Gasteiger partial charge is 0.422 e. The normalized spacial score (nSPS) is 14.0. The second-order valence-electron chi connectivity index (χ2n) is 5.40. The molecule has 1 aromatic carbocycles. The van der Waals surface area contributed by atoms with Crippen LogP contribution in [-0.4, -0.2) is 31.8 Å². The van der Waals surface area contributed by atoms with Gasteiger partial charge in [-0.05, 0) is 43.0 Å². The van der Waals surface area contributed by atoms with Crippen molar-refractivity contribution in [2.45, 2.75) is 25.6 Å². The van der Waals surface area contributed by atoms with E-state index in [2.05, 4.69) is 15.4 Å². The summed E-state index contributed by atoms with van der Waals surface area (Å²) >= 11 is 0. The average Bonchev–Trinajstić information content (AvgIpc) is 3.27. The maximum Gasteiger partial charge on any atom is 0.422 e. The Kier molecular flexibility index (Phi) is 7.64. The standard InChI is InChI=1S/C15H19F3N2O2.ClH/c16-15(17,18)10-22-13-5-3-12(4-6-13)8-20-14(21)9-19-7-11-1-2-11;/h3-6,11,19H,1-2,7-10H2,(H,20,21);1H. The van der Waals surface area contributed by atoms with E-state index < -0.39 is 12.8 Å². The van der Waals surface area contributed by atoms with Crippen molar-refractivity contribution in [3.05, 3.63) is 29.8 Å². The van der Waals surface area contributed by atoms with E-state index in [1.54, 1.807) is 12.1 Å². The molecule has 1 aromatic rings. The molecule has 0 aliphatic heterocycles. The maximum absolute atomic E-state index is 12.0. The zero-order valence-electron chi connectivity index (χ0n) is 12.5. The van der Waals surface area contributed by atoms with Crippen LogP contribution in [0.25, 0.3) is 0 Å². The van der Waals surface area contributed by atoms with Crippen molar-refractivity contribution in [3.8, 4) is 5.75 Å². The molecule has 0 spiro atoms. The molecule has 0 aromatic heterocycles. The number of carbonyl (C=O) groups excluding carboxylic acids is 1. The Morgan fingerprint density at radius 3 is 2.43 bits per heavy atom. The summed E-state index contributed by atoms with van der Waals surface area (Å²) in [5.74, 6) is 0.772. The first-order valence-electron chi connectivity index (χ1n) is 7.18. The topological polar surface area (TPSA) is 50.4 Å². The molecule has 8 heteroatoms. The Labute approximate surface area is 139 Å². The first-order valence-corrected chi connectivity index (χ1v) is 7.18. The number of nitrogens with one attached hydrogen (secondary N) is 2. The second kappa shape index (κ2) is 8.98. The summed E-state index contributed by atoms with van der Waals surface area (Å²) < 4.78 is 40.6. The van der Waals surface area contributed by atoms with Gasteiger partial charge >= 0.3 is 6.18 Å². The minimum absolute atomic E-state index is 0. The van der Waals surface area contributed by atoms with Gasteiger partial charge in [-0.2, -0.15) is 13.2 Å². The minimum atomic E-state index is -4.35. The van der Waals surface area contributed by atoms with E-state index in [0.29, 0.717) is 6.54 Å². The van der Waals surface area contributed by atoms with Crippen LogP contribution >= 0.6 is 12.4 Å². The van der Waals surface area contributed by atoms with E-state index in [1.165, 1.54) is 25.0 Å². The van der Waals surface area contributed by atoms with Gasteiger partial charge < -0.3 is 15.4 Å². The van der Waals surface area contributed by atoms with Crippen molar-refractivity contribution in [1.82, 2.24) is 10.6 Å². The summed E-state index contributed by atoms with van der Waals surface area (Å²) in [5.41, 5.74) is 0.801. The molecule has 0 bridgehead atoms. The fourth-order valence-corrected chi connectivity index (χ4v) is 1.84. The molecule has 1 amide bonds. The lowest BCUT2D eigenvalue weighted by Gasteiger charge is -2.10. The number of benzene rings is 1. The Morgan fingerprint density at radius 1 is 1.22 bits per heavy atom. The van der Waals surface area contributed by atoms with Crippen molar-refractivity contribution >= 4 is 18.3 Å². The van der Waals surface area contributed by atoms with Gasteiger partial charge in [0.1, 0.15) is 5.75 Å². The van der Waals surface area contributed by atoms with Crippen LogP contribution in [0, 0.1) is 5.92 Å². The molecule has 1 saturated carbocycles. The molecule has 2 N–H and O–H groups in total. The van der Waals surface area contributed by atoms with E-state index in [4.69, 9.17) is 0 Å². The number of hydrogen-bond acceptors (Lipinski definition) is 3. The Balaban J connectivity index is 0.00000264. The highest BCUT2D eigenvalue weighted by molar-refractivity contribution is 5.85. The molecule has 2 rings (SSSR count). The lowest BCUT2D eigenvalue weighted by molar-refractivity contribution is -0.153. The van der Waals surface area contributed by atoms with Gasteiger partial charge in [-0.3, -0.25) is 4.79 Å². The SMILES string of the molecule is Cl.O=C(CNCC1CC1)NCc1ccc(OCC(F)(F)F)cc1. The number of ether oxygens (including phenoxy) is 1. The van der Waals surface area contributed by atoms with Crippen LogP contribution in [0.4, 0.5) is 13.2 Å². The van der Waals surface area contributed by atoms with Crippen LogP contribution < -0.4 is 15.4 Å². The highest BCUT2D eigenvalue weighted by Crippen LogP contribution is 2.27. The van der Waals surface area contributed by atoms with Gasteiger partial charge in [0.2, 0.25) is 5.91 Å². The highest BCUT2D eigenvalue weighted by Gasteiger charge is 2.28. The molecule has 0 heterocycles. The summed E-state index contributed by atoms with van der Waals surface area (Å²) in [6.07, 6.45) is -1.88. The van der Waals surface area contributed by atoms with Gasteiger partial charge in [-0.25, -0.2) is 0 Å². The van der Waals surface area contributed by atoms with Crippen LogP contribution in [0.5, 0.6) is 5.75 Å². The monoisotopic (exact) mass is 352 g/mol. The molecule has 0 saturated heterocycles. The molecule has 0 radical (unpaired) electrons. The zero-order chi connectivity index (χ0) is 16.0. The van der Waals surface area contributed by atoms with Crippen LogP contribution in [-0.2, 0) is 11.3 Å². The molecule has 130 valence electrons. The maximum atomic E-state index is 12.0. The summed E-state index contributed by atoms with van der Waals surface area (Å²) in [4.78, 5) is 11.6. The van der Waals surface area contributed by atoms with Crippen LogP contribution in [0.1, 0.15) is 18.4 Å². The second-order valence-corrected chi connectivity index (χ2v) is 5.40. The van der Waals surface area contributed by atoms with Crippen molar-refractivity contribution < 1.29 is 22.7 Å². The van der Waals surface area contributed by atoms with Crippen molar-refractivity contribution in [1.29, 1.82) is 0 Å². The number of alkyl halides is 3. The first kappa shape index (κ1) is 19.6. The number of carbonyl (C=O) groups is 1. The minimum Gasteiger partial charge on any atom is -0.484 e. The van der Waals surface area contributed by atoms with Gasteiger partial charge in [0.05, 0.1) is 6.54 Å². The van der Waals surface area contributed by atoms with Crippen molar-refractivity contribution in [2.24, 2.45) is 5.92 Å². The number of halogens is 4. The highest BCUT2D eigenvalue weighted by atomic mass is 35.5. The quantitative estimate of drug-likeness (QED) is 0.756. The molecule has 0 unspecified atom stereocenters. The molecule has 1 aliphatic carbocycles. The van der Waals surface area contributed by atoms with E-state index in [-0.39, 0.29) is 30.6 Å². The Morgan fingerprint density at radius 2 is 1.87 bits per heavy atom. The van der Waals surface area contributed by atoms with Gasteiger partial charge in [-0.15, -0.1) is 12.4 Å². The van der Waals surface area contributed by atoms with Crippen LogP contribution in [0.3, 0.4) is 0 Å². The molecular formula is C15H20ClF3N2O2. The lowest BCUT2D eigenvalue weighted by Crippen LogP contribution is -2.34. The fraction of sp³-hybridized carbons (Fsp3) is 0.533. The Hall–Kier alpha value is -1.47. The third-order valence-corrected chi connectivity index (χ3v) is 3.23. The van der Waals surface area contributed by atoms with Crippen LogP contribution in [0.2, 0.25) is 0 Å². The van der Waals surface area contributed by atoms with Gasteiger partial charge in [0, 0.05) is 6.54 Å². The molecule has 4 nitrogen and oxygen atoms in total. The zero-order valence-corrected chi connectivity index (χ0v) is 13.3. The third kappa shape index (κ3) is 8.66. The van der Waals surface area contributed by atoms with E-state index >= 15 is 0 Å². The number of hydrogen-bond donors (Lipinski definition) is 2. The molecule has 1 fully saturated rings. The molecule has 1 aliphatic rings. The molecule has 23 heavy (non-hydrogen) atoms. The summed E-state index contributed by atoms with van der Waals surface area (Å²) in [5, 5.41) is 5.83. The predicted octanol–water partition coefficient (Wildman–Crippen LogP) is 2.67. The van der Waals surface area contributed by atoms with E-state index in [9.17, 15) is 18.0 Å². The van der Waals surface area contributed by atoms with E-state index in [1.807, 2.05) is 0 Å². The fourth-order valence-electron chi connectivity index (χ4n) is 1.84. The lowest BCUT2D eigenvalue weighted by atomic mass is 10.2. The van der Waals surface area contributed by atoms with Crippen molar-refractivity contribution in [3.63, 3.8) is 0 Å². The van der Waals surface area contributed by atoms with Crippen molar-refractivity contribution in [2.75, 3.05) is 19.7 Å². The largest absolute Gasteiger partial charge is 0.484 e. The predicted molar refractivity (Wildman–Crippen MR) is 82.7 cm³/mol. The summed E-state index contributed by atoms with van der Waals surface area (Å²) in [7, 11) is 0. The third-order valence-electron chi connectivity index (χ3n) is 3.23. The van der Waals surface area contributed by atoms with Crippen LogP contribution in [0.15, 0.2) is 24.3 Å². The summed E-state index contributed by atoms with van der Waals surface area (Å²) in [6, 6.07) is 6.17.